The van der Waals surface area contributed by atoms with Crippen LogP contribution in [-0.4, -0.2) is 55.6 Å². The molecule has 1 heterocycles. The maximum Gasteiger partial charge on any atom is 0.320 e. The molecule has 1 aliphatic rings. The molecule has 1 unspecified atom stereocenters. The molecular formula is C9H17N3O3. The van der Waals surface area contributed by atoms with Crippen molar-refractivity contribution in [3.05, 3.63) is 0 Å². The van der Waals surface area contributed by atoms with Gasteiger partial charge in [-0.05, 0) is 6.92 Å². The first-order valence-electron chi connectivity index (χ1n) is 5.05. The number of nitrogens with one attached hydrogen (secondary N) is 1. The van der Waals surface area contributed by atoms with Crippen LogP contribution < -0.4 is 11.1 Å². The molecule has 0 radical (unpaired) electrons. The summed E-state index contributed by atoms with van der Waals surface area (Å²) >= 11 is 0. The van der Waals surface area contributed by atoms with Crippen LogP contribution in [-0.2, 0) is 14.3 Å². The summed E-state index contributed by atoms with van der Waals surface area (Å²) in [7, 11) is 0. The third kappa shape index (κ3) is 3.49. The quantitative estimate of drug-likeness (QED) is 0.546. The van der Waals surface area contributed by atoms with E-state index in [1.165, 1.54) is 0 Å². The van der Waals surface area contributed by atoms with Gasteiger partial charge in [-0.15, -0.1) is 0 Å². The van der Waals surface area contributed by atoms with Gasteiger partial charge in [-0.3, -0.25) is 14.5 Å². The zero-order valence-corrected chi connectivity index (χ0v) is 8.86. The van der Waals surface area contributed by atoms with Crippen LogP contribution in [0.1, 0.15) is 6.92 Å². The van der Waals surface area contributed by atoms with Crippen LogP contribution in [0.25, 0.3) is 0 Å². The fourth-order valence-electron chi connectivity index (χ4n) is 1.59. The van der Waals surface area contributed by atoms with Crippen LogP contribution in [0.15, 0.2) is 0 Å². The maximum absolute atomic E-state index is 11.2. The Labute approximate surface area is 88.7 Å². The molecule has 0 aromatic heterocycles. The summed E-state index contributed by atoms with van der Waals surface area (Å²) in [5.41, 5.74) is 5.23. The Hall–Kier alpha value is -1.14. The number of nitrogens with two attached hydrogens (primary N) is 1. The standard InChI is InChI=1S/C9H17N3O3/c1-2-15-8(13)6-12-4-3-11-5-7(12)9(10)14/h7,11H,2-6H2,1H3,(H2,10,14). The van der Waals surface area contributed by atoms with Gasteiger partial charge in [0, 0.05) is 19.6 Å². The fourth-order valence-corrected chi connectivity index (χ4v) is 1.59. The normalized spacial score (nSPS) is 22.3. The van der Waals surface area contributed by atoms with Crippen LogP contribution in [0.3, 0.4) is 0 Å². The van der Waals surface area contributed by atoms with Crippen molar-refractivity contribution in [2.75, 3.05) is 32.8 Å². The number of hydrogen-bond donors (Lipinski definition) is 2. The van der Waals surface area contributed by atoms with Crippen LogP contribution in [0, 0.1) is 0 Å². The van der Waals surface area contributed by atoms with E-state index >= 15 is 0 Å². The minimum Gasteiger partial charge on any atom is -0.465 e. The summed E-state index contributed by atoms with van der Waals surface area (Å²) in [6, 6.07) is -0.414. The fraction of sp³-hybridized carbons (Fsp3) is 0.778. The van der Waals surface area contributed by atoms with E-state index in [1.807, 2.05) is 0 Å². The van der Waals surface area contributed by atoms with E-state index in [4.69, 9.17) is 10.5 Å². The minimum atomic E-state index is -0.414. The first-order valence-corrected chi connectivity index (χ1v) is 5.05. The molecule has 6 heteroatoms. The number of primary amides is 1. The number of hydrogen-bond acceptors (Lipinski definition) is 5. The van der Waals surface area contributed by atoms with Gasteiger partial charge in [-0.2, -0.15) is 0 Å². The van der Waals surface area contributed by atoms with Gasteiger partial charge >= 0.3 is 5.97 Å². The molecule has 0 aromatic carbocycles. The summed E-state index contributed by atoms with van der Waals surface area (Å²) in [6.07, 6.45) is 0. The predicted octanol–water partition coefficient (Wildman–Crippen LogP) is -1.69. The van der Waals surface area contributed by atoms with Crippen molar-refractivity contribution in [1.82, 2.24) is 10.2 Å². The van der Waals surface area contributed by atoms with Crippen molar-refractivity contribution >= 4 is 11.9 Å². The van der Waals surface area contributed by atoms with Gasteiger partial charge in [0.2, 0.25) is 5.91 Å². The second-order valence-corrected chi connectivity index (χ2v) is 3.40. The molecule has 1 fully saturated rings. The van der Waals surface area contributed by atoms with Gasteiger partial charge < -0.3 is 15.8 Å². The average Bonchev–Trinajstić information content (AvgIpc) is 2.18. The SMILES string of the molecule is CCOC(=O)CN1CCNCC1C(N)=O. The van der Waals surface area contributed by atoms with E-state index in [0.717, 1.165) is 6.54 Å². The Kier molecular flexibility index (Phi) is 4.51. The molecule has 1 saturated heterocycles. The van der Waals surface area contributed by atoms with E-state index in [1.54, 1.807) is 11.8 Å². The number of rotatable bonds is 4. The molecule has 86 valence electrons. The number of esters is 1. The van der Waals surface area contributed by atoms with Crippen LogP contribution in [0.2, 0.25) is 0 Å². The lowest BCUT2D eigenvalue weighted by molar-refractivity contribution is -0.145. The third-order valence-electron chi connectivity index (χ3n) is 2.32. The van der Waals surface area contributed by atoms with Gasteiger partial charge in [0.25, 0.3) is 0 Å². The van der Waals surface area contributed by atoms with Gasteiger partial charge in [0.1, 0.15) is 6.04 Å². The largest absolute Gasteiger partial charge is 0.465 e. The Morgan fingerprint density at radius 3 is 2.93 bits per heavy atom. The maximum atomic E-state index is 11.2. The van der Waals surface area contributed by atoms with Gasteiger partial charge in [0.15, 0.2) is 0 Å². The molecule has 0 saturated carbocycles. The molecule has 0 aromatic rings. The number of nitrogens with zero attached hydrogens (tertiary/aromatic N) is 1. The first kappa shape index (κ1) is 11.9. The van der Waals surface area contributed by atoms with Gasteiger partial charge in [0.05, 0.1) is 13.2 Å². The third-order valence-corrected chi connectivity index (χ3v) is 2.32. The lowest BCUT2D eigenvalue weighted by Crippen LogP contribution is -2.58. The molecule has 3 N–H and O–H groups in total. The van der Waals surface area contributed by atoms with E-state index in [0.29, 0.717) is 19.7 Å². The first-order chi connectivity index (χ1) is 7.15. The second-order valence-electron chi connectivity index (χ2n) is 3.40. The van der Waals surface area contributed by atoms with Crippen molar-refractivity contribution in [3.63, 3.8) is 0 Å². The van der Waals surface area contributed by atoms with E-state index in [-0.39, 0.29) is 12.5 Å². The van der Waals surface area contributed by atoms with Crippen molar-refractivity contribution in [1.29, 1.82) is 0 Å². The summed E-state index contributed by atoms with van der Waals surface area (Å²) in [4.78, 5) is 24.1. The zero-order valence-electron chi connectivity index (χ0n) is 8.86. The van der Waals surface area contributed by atoms with Crippen LogP contribution in [0.5, 0.6) is 0 Å². The molecule has 1 atom stereocenters. The highest BCUT2D eigenvalue weighted by Crippen LogP contribution is 2.02. The lowest BCUT2D eigenvalue weighted by Gasteiger charge is -2.33. The number of carbonyl (C=O) groups excluding carboxylic acids is 2. The average molecular weight is 215 g/mol. The summed E-state index contributed by atoms with van der Waals surface area (Å²) < 4.78 is 4.82. The van der Waals surface area contributed by atoms with Gasteiger partial charge in [-0.1, -0.05) is 0 Å². The molecule has 1 rings (SSSR count). The topological polar surface area (TPSA) is 84.7 Å². The number of carbonyl (C=O) groups is 2. The second kappa shape index (κ2) is 5.67. The van der Waals surface area contributed by atoms with Crippen LogP contribution in [0.4, 0.5) is 0 Å². The van der Waals surface area contributed by atoms with Crippen molar-refractivity contribution in [2.24, 2.45) is 5.73 Å². The molecule has 15 heavy (non-hydrogen) atoms. The molecule has 0 spiro atoms. The molecule has 0 aliphatic carbocycles. The molecule has 0 bridgehead atoms. The predicted molar refractivity (Wildman–Crippen MR) is 54.1 cm³/mol. The summed E-state index contributed by atoms with van der Waals surface area (Å²) in [6.45, 7) is 4.11. The highest BCUT2D eigenvalue weighted by Gasteiger charge is 2.28. The monoisotopic (exact) mass is 215 g/mol. The molecular weight excluding hydrogens is 198 g/mol. The summed E-state index contributed by atoms with van der Waals surface area (Å²) in [5, 5.41) is 3.06. The minimum absolute atomic E-state index is 0.128. The molecule has 6 nitrogen and oxygen atoms in total. The van der Waals surface area contributed by atoms with E-state index in [9.17, 15) is 9.59 Å². The smallest absolute Gasteiger partial charge is 0.320 e. The van der Waals surface area contributed by atoms with Crippen molar-refractivity contribution in [3.8, 4) is 0 Å². The number of amides is 1. The Balaban J connectivity index is 2.49. The Morgan fingerprint density at radius 2 is 2.33 bits per heavy atom. The Morgan fingerprint density at radius 1 is 1.60 bits per heavy atom. The van der Waals surface area contributed by atoms with Crippen molar-refractivity contribution in [2.45, 2.75) is 13.0 Å². The van der Waals surface area contributed by atoms with Crippen molar-refractivity contribution < 1.29 is 14.3 Å². The Bertz CT molecular complexity index is 245. The highest BCUT2D eigenvalue weighted by atomic mass is 16.5. The molecule has 1 amide bonds. The van der Waals surface area contributed by atoms with Crippen LogP contribution >= 0.6 is 0 Å². The number of ether oxygens (including phenoxy) is 1. The summed E-state index contributed by atoms with van der Waals surface area (Å²) in [5.74, 6) is -0.725. The van der Waals surface area contributed by atoms with E-state index < -0.39 is 11.9 Å². The molecule has 1 aliphatic heterocycles. The number of piperazine rings is 1. The van der Waals surface area contributed by atoms with Gasteiger partial charge in [-0.25, -0.2) is 0 Å². The highest BCUT2D eigenvalue weighted by molar-refractivity contribution is 5.81. The van der Waals surface area contributed by atoms with E-state index in [2.05, 4.69) is 5.32 Å². The lowest BCUT2D eigenvalue weighted by atomic mass is 10.2. The zero-order chi connectivity index (χ0) is 11.3.